The first-order valence-corrected chi connectivity index (χ1v) is 9.00. The molecule has 0 saturated heterocycles. The summed E-state index contributed by atoms with van der Waals surface area (Å²) >= 11 is 6.01. The summed E-state index contributed by atoms with van der Waals surface area (Å²) in [5.41, 5.74) is 2.11. The highest BCUT2D eigenvalue weighted by Crippen LogP contribution is 2.32. The van der Waals surface area contributed by atoms with Gasteiger partial charge in [0.1, 0.15) is 0 Å². The number of carbonyl (C=O) groups is 1. The number of hydrogen-bond acceptors (Lipinski definition) is 4. The number of fused-ring (bicyclic) bond motifs is 2. The fourth-order valence-corrected chi connectivity index (χ4v) is 2.95. The lowest BCUT2D eigenvalue weighted by Gasteiger charge is -2.09. The molecule has 0 saturated carbocycles. The van der Waals surface area contributed by atoms with Crippen LogP contribution >= 0.6 is 11.6 Å². The lowest BCUT2D eigenvalue weighted by atomic mass is 10.2. The number of aromatic nitrogens is 1. The number of rotatable bonds is 3. The molecule has 0 fully saturated rings. The summed E-state index contributed by atoms with van der Waals surface area (Å²) in [5, 5.41) is 4.44. The van der Waals surface area contributed by atoms with Crippen molar-refractivity contribution in [1.82, 2.24) is 4.98 Å². The van der Waals surface area contributed by atoms with Gasteiger partial charge in [-0.05, 0) is 36.4 Å². The standard InChI is InChI=1S/C21H17ClN2O3/c22-15-4-2-14-3-5-16(23-18(14)12-15)7-9-21(25)24-17-6-8-19-20(13-17)27-11-1-10-26-19/h2-9,12-13H,1,10-11H2,(H,24,25). The lowest BCUT2D eigenvalue weighted by Crippen LogP contribution is -2.08. The minimum absolute atomic E-state index is 0.252. The molecule has 2 heterocycles. The predicted molar refractivity (Wildman–Crippen MR) is 106 cm³/mol. The normalized spacial score (nSPS) is 13.5. The van der Waals surface area contributed by atoms with Gasteiger partial charge in [-0.1, -0.05) is 23.7 Å². The SMILES string of the molecule is O=C(C=Cc1ccc2ccc(Cl)cc2n1)Nc1ccc2c(c1)OCCCO2. The second-order valence-corrected chi connectivity index (χ2v) is 6.54. The van der Waals surface area contributed by atoms with Crippen molar-refractivity contribution in [1.29, 1.82) is 0 Å². The fraction of sp³-hybridized carbons (Fsp3) is 0.143. The van der Waals surface area contributed by atoms with Crippen molar-refractivity contribution in [3.8, 4) is 11.5 Å². The zero-order valence-electron chi connectivity index (χ0n) is 14.4. The monoisotopic (exact) mass is 380 g/mol. The smallest absolute Gasteiger partial charge is 0.248 e. The average Bonchev–Trinajstić information content (AvgIpc) is 2.91. The number of nitrogens with one attached hydrogen (secondary N) is 1. The summed E-state index contributed by atoms with van der Waals surface area (Å²) in [5.74, 6) is 1.08. The van der Waals surface area contributed by atoms with Gasteiger partial charge >= 0.3 is 0 Å². The zero-order valence-corrected chi connectivity index (χ0v) is 15.2. The molecule has 1 aromatic heterocycles. The number of pyridine rings is 1. The van der Waals surface area contributed by atoms with E-state index < -0.39 is 0 Å². The topological polar surface area (TPSA) is 60.5 Å². The molecule has 3 aromatic rings. The van der Waals surface area contributed by atoms with Crippen molar-refractivity contribution < 1.29 is 14.3 Å². The van der Waals surface area contributed by atoms with Crippen LogP contribution in [0.2, 0.25) is 5.02 Å². The minimum atomic E-state index is -0.252. The van der Waals surface area contributed by atoms with Gasteiger partial charge < -0.3 is 14.8 Å². The third-order valence-electron chi connectivity index (χ3n) is 4.10. The number of ether oxygens (including phenoxy) is 2. The van der Waals surface area contributed by atoms with Crippen molar-refractivity contribution in [2.24, 2.45) is 0 Å². The quantitative estimate of drug-likeness (QED) is 0.669. The Morgan fingerprint density at radius 2 is 1.85 bits per heavy atom. The molecule has 1 N–H and O–H groups in total. The predicted octanol–water partition coefficient (Wildman–Crippen LogP) is 4.70. The fourth-order valence-electron chi connectivity index (χ4n) is 2.78. The number of benzene rings is 2. The Balaban J connectivity index is 1.47. The summed E-state index contributed by atoms with van der Waals surface area (Å²) in [6.45, 7) is 1.23. The van der Waals surface area contributed by atoms with Gasteiger partial charge in [0.05, 0.1) is 24.4 Å². The van der Waals surface area contributed by atoms with Gasteiger partial charge in [0.25, 0.3) is 0 Å². The van der Waals surface area contributed by atoms with Crippen LogP contribution in [0.4, 0.5) is 5.69 Å². The van der Waals surface area contributed by atoms with Crippen molar-refractivity contribution in [2.75, 3.05) is 18.5 Å². The molecule has 0 bridgehead atoms. The first-order chi connectivity index (χ1) is 13.2. The maximum atomic E-state index is 12.2. The molecule has 27 heavy (non-hydrogen) atoms. The van der Waals surface area contributed by atoms with E-state index in [2.05, 4.69) is 10.3 Å². The molecule has 4 rings (SSSR count). The van der Waals surface area contributed by atoms with Crippen LogP contribution < -0.4 is 14.8 Å². The molecule has 0 radical (unpaired) electrons. The van der Waals surface area contributed by atoms with Crippen LogP contribution in [0.1, 0.15) is 12.1 Å². The Bertz CT molecular complexity index is 1030. The Morgan fingerprint density at radius 1 is 1.04 bits per heavy atom. The highest BCUT2D eigenvalue weighted by molar-refractivity contribution is 6.31. The second kappa shape index (κ2) is 7.68. The summed E-state index contributed by atoms with van der Waals surface area (Å²) < 4.78 is 11.2. The number of nitrogens with zero attached hydrogens (tertiary/aromatic N) is 1. The van der Waals surface area contributed by atoms with E-state index in [1.165, 1.54) is 6.08 Å². The third kappa shape index (κ3) is 4.20. The van der Waals surface area contributed by atoms with Gasteiger partial charge in [0.15, 0.2) is 11.5 Å². The van der Waals surface area contributed by atoms with E-state index in [0.717, 1.165) is 17.3 Å². The molecule has 1 aliphatic rings. The largest absolute Gasteiger partial charge is 0.490 e. The summed E-state index contributed by atoms with van der Waals surface area (Å²) in [6, 6.07) is 14.7. The molecule has 0 unspecified atom stereocenters. The van der Waals surface area contributed by atoms with Gasteiger partial charge in [-0.3, -0.25) is 4.79 Å². The summed E-state index contributed by atoms with van der Waals surface area (Å²) in [6.07, 6.45) is 3.95. The number of anilines is 1. The Morgan fingerprint density at radius 3 is 2.74 bits per heavy atom. The van der Waals surface area contributed by atoms with Crippen LogP contribution in [0.25, 0.3) is 17.0 Å². The summed E-state index contributed by atoms with van der Waals surface area (Å²) in [4.78, 5) is 16.7. The number of carbonyl (C=O) groups excluding carboxylic acids is 1. The molecule has 136 valence electrons. The van der Waals surface area contributed by atoms with E-state index in [-0.39, 0.29) is 5.91 Å². The van der Waals surface area contributed by atoms with Crippen molar-refractivity contribution in [3.05, 3.63) is 65.3 Å². The molecule has 2 aromatic carbocycles. The van der Waals surface area contributed by atoms with Crippen molar-refractivity contribution in [2.45, 2.75) is 6.42 Å². The Labute approximate surface area is 161 Å². The van der Waals surface area contributed by atoms with Crippen LogP contribution in [0.3, 0.4) is 0 Å². The lowest BCUT2D eigenvalue weighted by molar-refractivity contribution is -0.111. The second-order valence-electron chi connectivity index (χ2n) is 6.11. The molecule has 0 aliphatic carbocycles. The minimum Gasteiger partial charge on any atom is -0.490 e. The van der Waals surface area contributed by atoms with Gasteiger partial charge in [-0.25, -0.2) is 4.98 Å². The van der Waals surface area contributed by atoms with Crippen LogP contribution in [-0.2, 0) is 4.79 Å². The Hall–Kier alpha value is -3.05. The van der Waals surface area contributed by atoms with E-state index >= 15 is 0 Å². The van der Waals surface area contributed by atoms with Crippen LogP contribution in [0.5, 0.6) is 11.5 Å². The highest BCUT2D eigenvalue weighted by atomic mass is 35.5. The first kappa shape index (κ1) is 17.4. The van der Waals surface area contributed by atoms with Crippen molar-refractivity contribution >= 4 is 40.2 Å². The van der Waals surface area contributed by atoms with Crippen LogP contribution in [0.15, 0.2) is 54.6 Å². The maximum absolute atomic E-state index is 12.2. The molecule has 1 amide bonds. The van der Waals surface area contributed by atoms with Gasteiger partial charge in [0.2, 0.25) is 5.91 Å². The highest BCUT2D eigenvalue weighted by Gasteiger charge is 2.11. The van der Waals surface area contributed by atoms with E-state index in [9.17, 15) is 4.79 Å². The van der Waals surface area contributed by atoms with Crippen LogP contribution in [0, 0.1) is 0 Å². The molecule has 0 spiro atoms. The summed E-state index contributed by atoms with van der Waals surface area (Å²) in [7, 11) is 0. The van der Waals surface area contributed by atoms with Gasteiger partial charge in [-0.2, -0.15) is 0 Å². The zero-order chi connectivity index (χ0) is 18.6. The number of amides is 1. The van der Waals surface area contributed by atoms with Gasteiger partial charge in [0, 0.05) is 34.7 Å². The molecular weight excluding hydrogens is 364 g/mol. The van der Waals surface area contributed by atoms with E-state index in [4.69, 9.17) is 21.1 Å². The van der Waals surface area contributed by atoms with E-state index in [1.807, 2.05) is 24.3 Å². The maximum Gasteiger partial charge on any atom is 0.248 e. The third-order valence-corrected chi connectivity index (χ3v) is 4.33. The molecular formula is C21H17ClN2O3. The number of hydrogen-bond donors (Lipinski definition) is 1. The first-order valence-electron chi connectivity index (χ1n) is 8.62. The molecule has 5 nitrogen and oxygen atoms in total. The molecule has 1 aliphatic heterocycles. The van der Waals surface area contributed by atoms with Gasteiger partial charge in [-0.15, -0.1) is 0 Å². The average molecular weight is 381 g/mol. The van der Waals surface area contributed by atoms with Crippen LogP contribution in [-0.4, -0.2) is 24.1 Å². The van der Waals surface area contributed by atoms with Crippen molar-refractivity contribution in [3.63, 3.8) is 0 Å². The molecule has 0 atom stereocenters. The molecule has 6 heteroatoms. The van der Waals surface area contributed by atoms with E-state index in [0.29, 0.717) is 41.1 Å². The number of halogens is 1. The van der Waals surface area contributed by atoms with E-state index in [1.54, 1.807) is 30.3 Å². The Kier molecular flexibility index (Phi) is 4.94.